The van der Waals surface area contributed by atoms with Gasteiger partial charge in [-0.3, -0.25) is 4.79 Å². The number of rotatable bonds is 8. The number of para-hydroxylation sites is 1. The summed E-state index contributed by atoms with van der Waals surface area (Å²) < 4.78 is 57.2. The highest BCUT2D eigenvalue weighted by molar-refractivity contribution is 5.75. The molecule has 0 radical (unpaired) electrons. The van der Waals surface area contributed by atoms with E-state index in [2.05, 4.69) is 5.32 Å². The van der Waals surface area contributed by atoms with Crippen molar-refractivity contribution in [3.8, 4) is 5.75 Å². The number of hydrogen-bond donors (Lipinski definition) is 1. The third kappa shape index (κ3) is 6.06. The van der Waals surface area contributed by atoms with Crippen molar-refractivity contribution in [2.24, 2.45) is 0 Å². The molecule has 0 aromatic heterocycles. The van der Waals surface area contributed by atoms with Crippen LogP contribution in [0.15, 0.2) is 48.5 Å². The van der Waals surface area contributed by atoms with Gasteiger partial charge in [0.05, 0.1) is 12.2 Å². The summed E-state index contributed by atoms with van der Waals surface area (Å²) in [5, 5.41) is 2.58. The van der Waals surface area contributed by atoms with Gasteiger partial charge in [0.25, 0.3) is 0 Å². The van der Waals surface area contributed by atoms with Crippen LogP contribution in [0.25, 0.3) is 0 Å². The first kappa shape index (κ1) is 19.8. The summed E-state index contributed by atoms with van der Waals surface area (Å²) >= 11 is 0. The van der Waals surface area contributed by atoms with E-state index >= 15 is 0 Å². The summed E-state index contributed by atoms with van der Waals surface area (Å²) in [4.78, 5) is 11.7. The molecule has 0 heterocycles. The van der Waals surface area contributed by atoms with Crippen LogP contribution >= 0.6 is 0 Å². The van der Waals surface area contributed by atoms with E-state index < -0.39 is 17.6 Å². The Labute approximate surface area is 149 Å². The molecule has 0 bridgehead atoms. The van der Waals surface area contributed by atoms with Gasteiger partial charge >= 0.3 is 6.18 Å². The van der Waals surface area contributed by atoms with Crippen molar-refractivity contribution in [1.29, 1.82) is 0 Å². The number of carbonyl (C=O) groups is 1. The number of benzene rings is 2. The van der Waals surface area contributed by atoms with Crippen LogP contribution in [0, 0.1) is 5.82 Å². The fourth-order valence-corrected chi connectivity index (χ4v) is 2.42. The molecule has 26 heavy (non-hydrogen) atoms. The Balaban J connectivity index is 1.69. The smallest absolute Gasteiger partial charge is 0.416 e. The first-order valence-corrected chi connectivity index (χ1v) is 8.17. The maximum absolute atomic E-state index is 13.3. The standard InChI is InChI=1S/C19H19F4NO2/c20-16-8-3-4-9-17(16)26-13-5-10-18(25)24-12-11-14-6-1-2-7-15(14)19(21,22)23/h1-4,6-9H,5,10-13H2,(H,24,25). The van der Waals surface area contributed by atoms with Crippen molar-refractivity contribution in [3.63, 3.8) is 0 Å². The average Bonchev–Trinajstić information content (AvgIpc) is 2.60. The van der Waals surface area contributed by atoms with Gasteiger partial charge < -0.3 is 10.1 Å². The Morgan fingerprint density at radius 1 is 1.04 bits per heavy atom. The van der Waals surface area contributed by atoms with Crippen LogP contribution in [0.5, 0.6) is 5.75 Å². The molecule has 7 heteroatoms. The lowest BCUT2D eigenvalue weighted by Gasteiger charge is -2.13. The van der Waals surface area contributed by atoms with Gasteiger partial charge in [-0.15, -0.1) is 0 Å². The molecule has 0 saturated heterocycles. The molecule has 0 aliphatic rings. The Morgan fingerprint density at radius 3 is 2.46 bits per heavy atom. The molecule has 0 saturated carbocycles. The van der Waals surface area contributed by atoms with Gasteiger partial charge in [0, 0.05) is 13.0 Å². The zero-order valence-corrected chi connectivity index (χ0v) is 14.0. The third-order valence-corrected chi connectivity index (χ3v) is 3.68. The minimum absolute atomic E-state index is 0.0904. The summed E-state index contributed by atoms with van der Waals surface area (Å²) in [6.07, 6.45) is -3.80. The minimum atomic E-state index is -4.41. The van der Waals surface area contributed by atoms with E-state index in [0.717, 1.165) is 6.07 Å². The first-order chi connectivity index (χ1) is 12.4. The van der Waals surface area contributed by atoms with Gasteiger partial charge in [-0.25, -0.2) is 4.39 Å². The van der Waals surface area contributed by atoms with Crippen LogP contribution in [0.2, 0.25) is 0 Å². The summed E-state index contributed by atoms with van der Waals surface area (Å²) in [7, 11) is 0. The molecular weight excluding hydrogens is 350 g/mol. The predicted octanol–water partition coefficient (Wildman–Crippen LogP) is 4.36. The zero-order valence-electron chi connectivity index (χ0n) is 14.0. The third-order valence-electron chi connectivity index (χ3n) is 3.68. The van der Waals surface area contributed by atoms with Crippen LogP contribution < -0.4 is 10.1 Å². The molecule has 2 rings (SSSR count). The van der Waals surface area contributed by atoms with Crippen LogP contribution in [0.1, 0.15) is 24.0 Å². The molecule has 0 atom stereocenters. The number of halogens is 4. The van der Waals surface area contributed by atoms with Gasteiger partial charge in [-0.1, -0.05) is 30.3 Å². The molecule has 0 fully saturated rings. The Hall–Kier alpha value is -2.57. The normalized spacial score (nSPS) is 11.2. The van der Waals surface area contributed by atoms with Crippen molar-refractivity contribution < 1.29 is 27.1 Å². The topological polar surface area (TPSA) is 38.3 Å². The number of nitrogens with one attached hydrogen (secondary N) is 1. The number of hydrogen-bond acceptors (Lipinski definition) is 2. The monoisotopic (exact) mass is 369 g/mol. The Morgan fingerprint density at radius 2 is 1.73 bits per heavy atom. The highest BCUT2D eigenvalue weighted by Gasteiger charge is 2.32. The van der Waals surface area contributed by atoms with E-state index in [0.29, 0.717) is 6.42 Å². The predicted molar refractivity (Wildman–Crippen MR) is 89.3 cm³/mol. The van der Waals surface area contributed by atoms with Crippen LogP contribution in [0.4, 0.5) is 17.6 Å². The quantitative estimate of drug-likeness (QED) is 0.555. The second-order valence-corrected chi connectivity index (χ2v) is 5.64. The van der Waals surface area contributed by atoms with Crippen molar-refractivity contribution in [1.82, 2.24) is 5.32 Å². The summed E-state index contributed by atoms with van der Waals surface area (Å²) in [5.41, 5.74) is -0.546. The number of ether oxygens (including phenoxy) is 1. The van der Waals surface area contributed by atoms with Gasteiger partial charge in [0.1, 0.15) is 0 Å². The second-order valence-electron chi connectivity index (χ2n) is 5.64. The largest absolute Gasteiger partial charge is 0.491 e. The maximum Gasteiger partial charge on any atom is 0.416 e. The molecule has 0 unspecified atom stereocenters. The van der Waals surface area contributed by atoms with E-state index in [-0.39, 0.29) is 43.2 Å². The molecule has 2 aromatic carbocycles. The minimum Gasteiger partial charge on any atom is -0.491 e. The average molecular weight is 369 g/mol. The van der Waals surface area contributed by atoms with E-state index in [1.165, 1.54) is 30.3 Å². The Kier molecular flexibility index (Phi) is 7.00. The molecule has 3 nitrogen and oxygen atoms in total. The fourth-order valence-electron chi connectivity index (χ4n) is 2.42. The first-order valence-electron chi connectivity index (χ1n) is 8.17. The summed E-state index contributed by atoms with van der Waals surface area (Å²) in [6.45, 7) is 0.283. The zero-order chi connectivity index (χ0) is 19.0. The van der Waals surface area contributed by atoms with E-state index in [9.17, 15) is 22.4 Å². The van der Waals surface area contributed by atoms with Crippen molar-refractivity contribution in [2.45, 2.75) is 25.4 Å². The lowest BCUT2D eigenvalue weighted by atomic mass is 10.0. The molecule has 1 amide bonds. The lowest BCUT2D eigenvalue weighted by Crippen LogP contribution is -2.26. The number of amides is 1. The van der Waals surface area contributed by atoms with Gasteiger partial charge in [-0.2, -0.15) is 13.2 Å². The van der Waals surface area contributed by atoms with Gasteiger partial charge in [-0.05, 0) is 36.6 Å². The summed E-state index contributed by atoms with van der Waals surface area (Å²) in [6, 6.07) is 11.3. The summed E-state index contributed by atoms with van der Waals surface area (Å²) in [5.74, 6) is -0.636. The van der Waals surface area contributed by atoms with Crippen LogP contribution in [-0.2, 0) is 17.4 Å². The van der Waals surface area contributed by atoms with Crippen LogP contribution in [0.3, 0.4) is 0 Å². The van der Waals surface area contributed by atoms with E-state index in [1.54, 1.807) is 12.1 Å². The SMILES string of the molecule is O=C(CCCOc1ccccc1F)NCCc1ccccc1C(F)(F)F. The molecular formula is C19H19F4NO2. The van der Waals surface area contributed by atoms with Gasteiger partial charge in [0.15, 0.2) is 11.6 Å². The molecule has 0 aliphatic heterocycles. The molecule has 0 aliphatic carbocycles. The Bertz CT molecular complexity index is 731. The maximum atomic E-state index is 13.3. The fraction of sp³-hybridized carbons (Fsp3) is 0.316. The molecule has 2 aromatic rings. The van der Waals surface area contributed by atoms with Crippen LogP contribution in [-0.4, -0.2) is 19.1 Å². The molecule has 1 N–H and O–H groups in total. The van der Waals surface area contributed by atoms with Crippen molar-refractivity contribution in [3.05, 3.63) is 65.5 Å². The lowest BCUT2D eigenvalue weighted by molar-refractivity contribution is -0.138. The highest BCUT2D eigenvalue weighted by Crippen LogP contribution is 2.31. The second kappa shape index (κ2) is 9.22. The molecule has 0 spiro atoms. The van der Waals surface area contributed by atoms with Crippen molar-refractivity contribution >= 4 is 5.91 Å². The highest BCUT2D eigenvalue weighted by atomic mass is 19.4. The number of alkyl halides is 3. The van der Waals surface area contributed by atoms with Crippen molar-refractivity contribution in [2.75, 3.05) is 13.2 Å². The van der Waals surface area contributed by atoms with E-state index in [4.69, 9.17) is 4.74 Å². The van der Waals surface area contributed by atoms with E-state index in [1.807, 2.05) is 0 Å². The van der Waals surface area contributed by atoms with Gasteiger partial charge in [0.2, 0.25) is 5.91 Å². The number of carbonyl (C=O) groups excluding carboxylic acids is 1. The molecule has 140 valence electrons.